The third kappa shape index (κ3) is 3.66. The van der Waals surface area contributed by atoms with E-state index in [-0.39, 0.29) is 17.3 Å². The van der Waals surface area contributed by atoms with Gasteiger partial charge in [-0.3, -0.25) is 19.0 Å². The van der Waals surface area contributed by atoms with E-state index in [9.17, 15) is 14.4 Å². The lowest BCUT2D eigenvalue weighted by molar-refractivity contribution is 0.0931. The quantitative estimate of drug-likeness (QED) is 0.490. The fourth-order valence-corrected chi connectivity index (χ4v) is 2.98. The van der Waals surface area contributed by atoms with Crippen LogP contribution in [0.1, 0.15) is 42.6 Å². The maximum absolute atomic E-state index is 13.0. The van der Waals surface area contributed by atoms with Crippen LogP contribution in [-0.4, -0.2) is 27.0 Å². The highest BCUT2D eigenvalue weighted by atomic mass is 16.2. The lowest BCUT2D eigenvalue weighted by Crippen LogP contribution is -2.18. The van der Waals surface area contributed by atoms with Gasteiger partial charge in [0.05, 0.1) is 0 Å². The summed E-state index contributed by atoms with van der Waals surface area (Å²) in [6, 6.07) is 25.7. The average molecular weight is 380 g/mol. The third-order valence-corrected chi connectivity index (χ3v) is 4.45. The van der Waals surface area contributed by atoms with E-state index < -0.39 is 11.7 Å². The summed E-state index contributed by atoms with van der Waals surface area (Å²) in [6.45, 7) is 0. The van der Waals surface area contributed by atoms with E-state index in [0.29, 0.717) is 16.7 Å². The normalized spacial score (nSPS) is 10.5. The molecule has 0 spiro atoms. The molecule has 0 N–H and O–H groups in total. The van der Waals surface area contributed by atoms with Gasteiger partial charge in [-0.2, -0.15) is 0 Å². The van der Waals surface area contributed by atoms with E-state index in [1.165, 1.54) is 6.20 Å². The maximum Gasteiger partial charge on any atom is 0.263 e. The highest BCUT2D eigenvalue weighted by Crippen LogP contribution is 2.16. The van der Waals surface area contributed by atoms with Gasteiger partial charge in [0.25, 0.3) is 5.91 Å². The molecule has 1 heterocycles. The van der Waals surface area contributed by atoms with E-state index in [2.05, 4.69) is 4.98 Å². The van der Waals surface area contributed by atoms with E-state index in [1.807, 2.05) is 0 Å². The summed E-state index contributed by atoms with van der Waals surface area (Å²) in [6.07, 6.45) is 1.33. The molecule has 0 unspecified atom stereocenters. The van der Waals surface area contributed by atoms with Gasteiger partial charge in [-0.15, -0.1) is 0 Å². The van der Waals surface area contributed by atoms with Crippen molar-refractivity contribution in [1.29, 1.82) is 0 Å². The van der Waals surface area contributed by atoms with Crippen molar-refractivity contribution in [3.8, 4) is 0 Å². The number of nitrogens with zero attached hydrogens (tertiary/aromatic N) is 2. The summed E-state index contributed by atoms with van der Waals surface area (Å²) in [5.41, 5.74) is 1.26. The summed E-state index contributed by atoms with van der Waals surface area (Å²) in [7, 11) is 0. The van der Waals surface area contributed by atoms with E-state index >= 15 is 0 Å². The SMILES string of the molecule is O=C(c1ccccc1)c1cn(C(=O)c2ccccc2)c(C(=O)c2ccccc2)n1. The fraction of sp³-hybridized carbons (Fsp3) is 0. The zero-order chi connectivity index (χ0) is 20.2. The molecule has 0 saturated heterocycles. The van der Waals surface area contributed by atoms with E-state index in [0.717, 1.165) is 4.57 Å². The number of rotatable bonds is 5. The Hall–Kier alpha value is -4.12. The average Bonchev–Trinajstić information content (AvgIpc) is 3.24. The number of benzene rings is 3. The van der Waals surface area contributed by atoms with Gasteiger partial charge in [-0.25, -0.2) is 4.98 Å². The van der Waals surface area contributed by atoms with Gasteiger partial charge in [0, 0.05) is 22.9 Å². The molecule has 4 rings (SSSR count). The second-order valence-corrected chi connectivity index (χ2v) is 6.38. The Morgan fingerprint density at radius 3 is 1.55 bits per heavy atom. The molecule has 0 aliphatic rings. The Morgan fingerprint density at radius 2 is 1.03 bits per heavy atom. The molecule has 4 aromatic rings. The Kier molecular flexibility index (Phi) is 4.95. The van der Waals surface area contributed by atoms with Gasteiger partial charge in [0.1, 0.15) is 5.69 Å². The topological polar surface area (TPSA) is 69.0 Å². The van der Waals surface area contributed by atoms with E-state index in [1.54, 1.807) is 91.0 Å². The van der Waals surface area contributed by atoms with Gasteiger partial charge in [-0.05, 0) is 12.1 Å². The van der Waals surface area contributed by atoms with Gasteiger partial charge in [0.15, 0.2) is 5.82 Å². The van der Waals surface area contributed by atoms with Crippen molar-refractivity contribution in [1.82, 2.24) is 9.55 Å². The molecule has 0 aliphatic carbocycles. The van der Waals surface area contributed by atoms with Crippen molar-refractivity contribution < 1.29 is 14.4 Å². The molecule has 0 saturated carbocycles. The minimum absolute atomic E-state index is 0.0414. The molecule has 1 aromatic heterocycles. The van der Waals surface area contributed by atoms with Crippen molar-refractivity contribution >= 4 is 17.5 Å². The molecule has 29 heavy (non-hydrogen) atoms. The molecule has 0 bridgehead atoms. The van der Waals surface area contributed by atoms with Crippen molar-refractivity contribution in [3.63, 3.8) is 0 Å². The van der Waals surface area contributed by atoms with Crippen molar-refractivity contribution in [2.45, 2.75) is 0 Å². The third-order valence-electron chi connectivity index (χ3n) is 4.45. The van der Waals surface area contributed by atoms with Crippen molar-refractivity contribution in [2.75, 3.05) is 0 Å². The smallest absolute Gasteiger partial charge is 0.263 e. The molecule has 140 valence electrons. The number of imidazole rings is 1. The van der Waals surface area contributed by atoms with Crippen LogP contribution in [0.2, 0.25) is 0 Å². The van der Waals surface area contributed by atoms with E-state index in [4.69, 9.17) is 0 Å². The molecule has 3 aromatic carbocycles. The van der Waals surface area contributed by atoms with Crippen LogP contribution in [-0.2, 0) is 0 Å². The zero-order valence-corrected chi connectivity index (χ0v) is 15.4. The standard InChI is InChI=1S/C24H16N2O3/c27-21(17-10-4-1-5-11-17)20-16-26(24(29)19-14-8-3-9-15-19)23(25-20)22(28)18-12-6-2-7-13-18/h1-16H. The monoisotopic (exact) mass is 380 g/mol. The zero-order valence-electron chi connectivity index (χ0n) is 15.4. The van der Waals surface area contributed by atoms with Crippen LogP contribution >= 0.6 is 0 Å². The maximum atomic E-state index is 13.0. The molecule has 5 heteroatoms. The first-order chi connectivity index (χ1) is 14.1. The largest absolute Gasteiger partial charge is 0.287 e. The Labute approximate surface area is 167 Å². The van der Waals surface area contributed by atoms with Crippen LogP contribution in [0, 0.1) is 0 Å². The number of carbonyl (C=O) groups excluding carboxylic acids is 3. The summed E-state index contributed by atoms with van der Waals surface area (Å²) < 4.78 is 1.15. The number of hydrogen-bond acceptors (Lipinski definition) is 4. The molecule has 0 atom stereocenters. The first kappa shape index (κ1) is 18.3. The Balaban J connectivity index is 1.82. The van der Waals surface area contributed by atoms with Crippen molar-refractivity contribution in [3.05, 3.63) is 125 Å². The molecule has 0 radical (unpaired) electrons. The summed E-state index contributed by atoms with van der Waals surface area (Å²) in [5, 5.41) is 0. The number of carbonyl (C=O) groups is 3. The lowest BCUT2D eigenvalue weighted by atomic mass is 10.1. The van der Waals surface area contributed by atoms with Crippen LogP contribution in [0.25, 0.3) is 0 Å². The molecule has 0 fully saturated rings. The highest BCUT2D eigenvalue weighted by molar-refractivity contribution is 6.13. The van der Waals surface area contributed by atoms with Gasteiger partial charge in [0.2, 0.25) is 11.6 Å². The highest BCUT2D eigenvalue weighted by Gasteiger charge is 2.25. The Bertz CT molecular complexity index is 1110. The molecular formula is C24H16N2O3. The second kappa shape index (κ2) is 7.86. The van der Waals surface area contributed by atoms with Crippen LogP contribution in [0.5, 0.6) is 0 Å². The molecule has 5 nitrogen and oxygen atoms in total. The molecular weight excluding hydrogens is 364 g/mol. The van der Waals surface area contributed by atoms with Gasteiger partial charge >= 0.3 is 0 Å². The predicted molar refractivity (Wildman–Crippen MR) is 108 cm³/mol. The fourth-order valence-electron chi connectivity index (χ4n) is 2.98. The van der Waals surface area contributed by atoms with Crippen LogP contribution < -0.4 is 0 Å². The molecule has 0 aliphatic heterocycles. The Morgan fingerprint density at radius 1 is 0.586 bits per heavy atom. The summed E-state index contributed by atoms with van der Waals surface area (Å²) in [5.74, 6) is -1.30. The minimum atomic E-state index is -0.429. The van der Waals surface area contributed by atoms with Crippen LogP contribution in [0.4, 0.5) is 0 Å². The van der Waals surface area contributed by atoms with Crippen LogP contribution in [0.3, 0.4) is 0 Å². The second-order valence-electron chi connectivity index (χ2n) is 6.38. The number of aromatic nitrogens is 2. The summed E-state index contributed by atoms with van der Waals surface area (Å²) >= 11 is 0. The van der Waals surface area contributed by atoms with Gasteiger partial charge < -0.3 is 0 Å². The predicted octanol–water partition coefficient (Wildman–Crippen LogP) is 4.03. The van der Waals surface area contributed by atoms with Crippen LogP contribution in [0.15, 0.2) is 97.2 Å². The first-order valence-corrected chi connectivity index (χ1v) is 9.04. The van der Waals surface area contributed by atoms with Crippen molar-refractivity contribution in [2.24, 2.45) is 0 Å². The number of hydrogen-bond donors (Lipinski definition) is 0. The lowest BCUT2D eigenvalue weighted by Gasteiger charge is -2.05. The van der Waals surface area contributed by atoms with Gasteiger partial charge in [-0.1, -0.05) is 78.9 Å². The summed E-state index contributed by atoms with van der Waals surface area (Å²) in [4.78, 5) is 43.1. The number of ketones is 2. The molecule has 0 amide bonds. The minimum Gasteiger partial charge on any atom is -0.287 e. The first-order valence-electron chi connectivity index (χ1n) is 9.04.